The highest BCUT2D eigenvalue weighted by Gasteiger charge is 2.59. The molecule has 5 rings (SSSR count). The van der Waals surface area contributed by atoms with Crippen LogP contribution in [0.5, 0.6) is 11.5 Å². The molecule has 2 aromatic rings. The van der Waals surface area contributed by atoms with Gasteiger partial charge >= 0.3 is 6.09 Å². The van der Waals surface area contributed by atoms with Gasteiger partial charge in [-0.05, 0) is 36.0 Å². The standard InChI is InChI=1S/C19H17ClN2O4/c1-19(15-6-5-10(20)7-21-15)25-14-4-2-3-11(17(14)26-19)16-12-8-22(18(23)24)9-13(12)16/h2-7,12-13,16H,8-9H2,1H3,(H,23,24)/t12-,13+,16-,19?. The molecule has 1 saturated heterocycles. The van der Waals surface area contributed by atoms with Gasteiger partial charge in [0.2, 0.25) is 0 Å². The van der Waals surface area contributed by atoms with Crippen molar-refractivity contribution < 1.29 is 19.4 Å². The number of aromatic nitrogens is 1. The number of ether oxygens (including phenoxy) is 2. The molecule has 0 radical (unpaired) electrons. The molecule has 3 aliphatic rings. The fourth-order valence-electron chi connectivity index (χ4n) is 4.30. The number of para-hydroxylation sites is 1. The summed E-state index contributed by atoms with van der Waals surface area (Å²) in [5.41, 5.74) is 1.75. The number of piperidine rings is 1. The molecule has 0 bridgehead atoms. The minimum atomic E-state index is -1.000. The molecule has 1 amide bonds. The summed E-state index contributed by atoms with van der Waals surface area (Å²) in [7, 11) is 0. The molecule has 2 aliphatic heterocycles. The number of pyridine rings is 1. The van der Waals surface area contributed by atoms with E-state index in [1.54, 1.807) is 18.3 Å². The molecule has 1 saturated carbocycles. The second-order valence-electron chi connectivity index (χ2n) is 7.23. The van der Waals surface area contributed by atoms with Gasteiger partial charge in [0.05, 0.1) is 5.02 Å². The van der Waals surface area contributed by atoms with E-state index in [4.69, 9.17) is 26.2 Å². The van der Waals surface area contributed by atoms with Crippen molar-refractivity contribution in [2.24, 2.45) is 11.8 Å². The van der Waals surface area contributed by atoms with E-state index in [9.17, 15) is 4.79 Å². The van der Waals surface area contributed by atoms with Gasteiger partial charge in [0.25, 0.3) is 5.79 Å². The highest BCUT2D eigenvalue weighted by molar-refractivity contribution is 6.30. The molecular formula is C19H17ClN2O4. The number of halogens is 1. The van der Waals surface area contributed by atoms with Crippen molar-refractivity contribution in [2.45, 2.75) is 18.6 Å². The number of fused-ring (bicyclic) bond motifs is 2. The van der Waals surface area contributed by atoms with Gasteiger partial charge < -0.3 is 19.5 Å². The predicted molar refractivity (Wildman–Crippen MR) is 93.6 cm³/mol. The predicted octanol–water partition coefficient (Wildman–Crippen LogP) is 3.70. The largest absolute Gasteiger partial charge is 0.465 e. The Bertz CT molecular complexity index is 891. The van der Waals surface area contributed by atoms with Gasteiger partial charge in [-0.1, -0.05) is 23.7 Å². The summed E-state index contributed by atoms with van der Waals surface area (Å²) < 4.78 is 12.3. The van der Waals surface area contributed by atoms with Gasteiger partial charge in [-0.25, -0.2) is 4.79 Å². The fourth-order valence-corrected chi connectivity index (χ4v) is 4.41. The highest BCUT2D eigenvalue weighted by atomic mass is 35.5. The molecule has 2 fully saturated rings. The molecule has 4 atom stereocenters. The molecule has 1 N–H and O–H groups in total. The van der Waals surface area contributed by atoms with Gasteiger partial charge in [-0.3, -0.25) is 4.98 Å². The quantitative estimate of drug-likeness (QED) is 0.870. The van der Waals surface area contributed by atoms with Crippen molar-refractivity contribution in [3.63, 3.8) is 0 Å². The van der Waals surface area contributed by atoms with E-state index in [0.29, 0.717) is 47.3 Å². The van der Waals surface area contributed by atoms with Crippen molar-refractivity contribution in [1.29, 1.82) is 0 Å². The molecule has 1 aromatic heterocycles. The van der Waals surface area contributed by atoms with Crippen molar-refractivity contribution in [3.05, 3.63) is 52.8 Å². The molecule has 134 valence electrons. The summed E-state index contributed by atoms with van der Waals surface area (Å²) in [4.78, 5) is 17.0. The Morgan fingerprint density at radius 2 is 2.04 bits per heavy atom. The molecule has 6 nitrogen and oxygen atoms in total. The zero-order valence-corrected chi connectivity index (χ0v) is 14.8. The van der Waals surface area contributed by atoms with E-state index in [1.807, 2.05) is 19.1 Å². The molecule has 1 unspecified atom stereocenters. The van der Waals surface area contributed by atoms with Crippen molar-refractivity contribution in [3.8, 4) is 11.5 Å². The first-order chi connectivity index (χ1) is 12.5. The SMILES string of the molecule is CC1(c2ccc(Cl)cn2)Oc2cccc([C@@H]3[C@@H]4CN(C(=O)O)C[C@@H]43)c2O1. The smallest absolute Gasteiger partial charge is 0.407 e. The summed E-state index contributed by atoms with van der Waals surface area (Å²) in [6, 6.07) is 9.46. The lowest BCUT2D eigenvalue weighted by Gasteiger charge is -2.22. The van der Waals surface area contributed by atoms with Gasteiger partial charge in [0, 0.05) is 31.8 Å². The minimum absolute atomic E-state index is 0.324. The van der Waals surface area contributed by atoms with Crippen molar-refractivity contribution >= 4 is 17.7 Å². The zero-order chi connectivity index (χ0) is 18.1. The summed E-state index contributed by atoms with van der Waals surface area (Å²) in [5.74, 6) is 1.49. The monoisotopic (exact) mass is 372 g/mol. The third-order valence-corrected chi connectivity index (χ3v) is 5.85. The number of hydrogen-bond donors (Lipinski definition) is 1. The summed E-state index contributed by atoms with van der Waals surface area (Å²) in [6.07, 6.45) is 0.736. The number of rotatable bonds is 2. The molecule has 1 aromatic carbocycles. The van der Waals surface area contributed by atoms with Crippen LogP contribution in [0, 0.1) is 11.8 Å². The Morgan fingerprint density at radius 1 is 1.27 bits per heavy atom. The molecule has 1 aliphatic carbocycles. The van der Waals surface area contributed by atoms with Crippen LogP contribution < -0.4 is 9.47 Å². The van der Waals surface area contributed by atoms with Crippen LogP contribution in [-0.2, 0) is 5.79 Å². The lowest BCUT2D eigenvalue weighted by molar-refractivity contribution is -0.0721. The molecule has 26 heavy (non-hydrogen) atoms. The lowest BCUT2D eigenvalue weighted by atomic mass is 10.1. The number of nitrogens with zero attached hydrogens (tertiary/aromatic N) is 2. The Hall–Kier alpha value is -2.47. The fraction of sp³-hybridized carbons (Fsp3) is 0.368. The van der Waals surface area contributed by atoms with E-state index < -0.39 is 11.9 Å². The molecule has 3 heterocycles. The van der Waals surface area contributed by atoms with E-state index >= 15 is 0 Å². The van der Waals surface area contributed by atoms with E-state index in [0.717, 1.165) is 11.3 Å². The Labute approximate surface area is 155 Å². The van der Waals surface area contributed by atoms with Crippen LogP contribution in [0.3, 0.4) is 0 Å². The lowest BCUT2D eigenvalue weighted by Crippen LogP contribution is -2.32. The van der Waals surface area contributed by atoms with Gasteiger partial charge in [0.1, 0.15) is 5.69 Å². The Kier molecular flexibility index (Phi) is 3.19. The van der Waals surface area contributed by atoms with Crippen molar-refractivity contribution in [1.82, 2.24) is 9.88 Å². The number of carboxylic acid groups (broad SMARTS) is 1. The number of carbonyl (C=O) groups is 1. The maximum absolute atomic E-state index is 11.1. The Morgan fingerprint density at radius 3 is 2.69 bits per heavy atom. The minimum Gasteiger partial charge on any atom is -0.465 e. The third kappa shape index (κ3) is 2.25. The number of amides is 1. The first-order valence-electron chi connectivity index (χ1n) is 8.57. The van der Waals surface area contributed by atoms with Crippen LogP contribution in [0.1, 0.15) is 24.1 Å². The highest BCUT2D eigenvalue weighted by Crippen LogP contribution is 2.62. The second kappa shape index (κ2) is 5.27. The average molecular weight is 373 g/mol. The van der Waals surface area contributed by atoms with Crippen LogP contribution in [0.4, 0.5) is 4.79 Å². The van der Waals surface area contributed by atoms with Gasteiger partial charge in [-0.2, -0.15) is 0 Å². The molecule has 7 heteroatoms. The number of hydrogen-bond acceptors (Lipinski definition) is 4. The third-order valence-electron chi connectivity index (χ3n) is 5.63. The average Bonchev–Trinajstić information content (AvgIpc) is 2.94. The van der Waals surface area contributed by atoms with Crippen LogP contribution in [0.15, 0.2) is 36.5 Å². The van der Waals surface area contributed by atoms with Gasteiger partial charge in [-0.15, -0.1) is 0 Å². The van der Waals surface area contributed by atoms with Crippen molar-refractivity contribution in [2.75, 3.05) is 13.1 Å². The normalized spacial score (nSPS) is 31.0. The van der Waals surface area contributed by atoms with E-state index in [-0.39, 0.29) is 0 Å². The first-order valence-corrected chi connectivity index (χ1v) is 8.95. The molecular weight excluding hydrogens is 356 g/mol. The summed E-state index contributed by atoms with van der Waals surface area (Å²) >= 11 is 5.93. The number of benzene rings is 1. The molecule has 0 spiro atoms. The maximum Gasteiger partial charge on any atom is 0.407 e. The van der Waals surface area contributed by atoms with E-state index in [2.05, 4.69) is 11.1 Å². The van der Waals surface area contributed by atoms with Gasteiger partial charge in [0.15, 0.2) is 11.5 Å². The zero-order valence-electron chi connectivity index (χ0n) is 14.1. The number of likely N-dealkylation sites (tertiary alicyclic amines) is 1. The topological polar surface area (TPSA) is 71.9 Å². The van der Waals surface area contributed by atoms with Crippen LogP contribution in [-0.4, -0.2) is 34.2 Å². The summed E-state index contributed by atoms with van der Waals surface area (Å²) in [6.45, 7) is 3.02. The van der Waals surface area contributed by atoms with Crippen LogP contribution >= 0.6 is 11.6 Å². The maximum atomic E-state index is 11.1. The van der Waals surface area contributed by atoms with E-state index in [1.165, 1.54) is 4.90 Å². The first kappa shape index (κ1) is 15.8. The Balaban J connectivity index is 1.42. The second-order valence-corrected chi connectivity index (χ2v) is 7.66. The van der Waals surface area contributed by atoms with Crippen LogP contribution in [0.25, 0.3) is 0 Å². The van der Waals surface area contributed by atoms with Crippen LogP contribution in [0.2, 0.25) is 5.02 Å². The summed E-state index contributed by atoms with van der Waals surface area (Å²) in [5, 5.41) is 9.70.